The van der Waals surface area contributed by atoms with Crippen LogP contribution in [-0.2, 0) is 18.9 Å². The van der Waals surface area contributed by atoms with Gasteiger partial charge in [0.2, 0.25) is 0 Å². The highest BCUT2D eigenvalue weighted by Crippen LogP contribution is 2.61. The molecule has 12 heteroatoms. The highest BCUT2D eigenvalue weighted by atomic mass is 16.7. The van der Waals surface area contributed by atoms with Gasteiger partial charge in [0.1, 0.15) is 42.7 Å². The predicted molar refractivity (Wildman–Crippen MR) is 153 cm³/mol. The smallest absolute Gasteiger partial charge is 0.187 e. The van der Waals surface area contributed by atoms with Crippen molar-refractivity contribution < 1.29 is 59.8 Å². The zero-order valence-corrected chi connectivity index (χ0v) is 25.5. The molecule has 0 aromatic rings. The Balaban J connectivity index is 1.30. The average Bonchev–Trinajstić information content (AvgIpc) is 3.26. The van der Waals surface area contributed by atoms with Crippen LogP contribution >= 0.6 is 0 Å². The highest BCUT2D eigenvalue weighted by molar-refractivity contribution is 5.18. The first kappa shape index (κ1) is 34.9. The fourth-order valence-electron chi connectivity index (χ4n) is 7.88. The van der Waals surface area contributed by atoms with Crippen molar-refractivity contribution in [1.82, 2.24) is 0 Å². The molecule has 4 rings (SSSR count). The van der Waals surface area contributed by atoms with Gasteiger partial charge in [-0.1, -0.05) is 37.6 Å². The van der Waals surface area contributed by atoms with Crippen LogP contribution < -0.4 is 0 Å². The van der Waals surface area contributed by atoms with Crippen LogP contribution in [0.3, 0.4) is 0 Å². The Labute approximate surface area is 253 Å². The van der Waals surface area contributed by atoms with Crippen molar-refractivity contribution >= 4 is 0 Å². The first-order valence-electron chi connectivity index (χ1n) is 15.5. The van der Waals surface area contributed by atoms with Crippen molar-refractivity contribution in [2.24, 2.45) is 22.7 Å². The fourth-order valence-corrected chi connectivity index (χ4v) is 7.88. The van der Waals surface area contributed by atoms with Crippen molar-refractivity contribution in [3.63, 3.8) is 0 Å². The van der Waals surface area contributed by atoms with E-state index in [-0.39, 0.29) is 37.1 Å². The second-order valence-electron chi connectivity index (χ2n) is 13.5. The highest BCUT2D eigenvalue weighted by Gasteiger charge is 2.57. The maximum Gasteiger partial charge on any atom is 0.187 e. The molecule has 2 saturated heterocycles. The van der Waals surface area contributed by atoms with Gasteiger partial charge in [-0.2, -0.15) is 0 Å². The third kappa shape index (κ3) is 6.91. The van der Waals surface area contributed by atoms with E-state index in [0.717, 1.165) is 37.7 Å². The molecule has 2 heterocycles. The number of aliphatic hydroxyl groups excluding tert-OH is 8. The molecule has 0 bridgehead atoms. The lowest BCUT2D eigenvalue weighted by atomic mass is 9.46. The van der Waals surface area contributed by atoms with E-state index in [4.69, 9.17) is 18.9 Å². The second-order valence-corrected chi connectivity index (χ2v) is 13.5. The molecule has 0 aromatic heterocycles. The monoisotopic (exact) mass is 616 g/mol. The van der Waals surface area contributed by atoms with Crippen LogP contribution in [0.25, 0.3) is 0 Å². The van der Waals surface area contributed by atoms with Crippen LogP contribution in [0.4, 0.5) is 0 Å². The van der Waals surface area contributed by atoms with E-state index in [1.165, 1.54) is 5.57 Å². The predicted octanol–water partition coefficient (Wildman–Crippen LogP) is -0.265. The van der Waals surface area contributed by atoms with Gasteiger partial charge in [0.15, 0.2) is 12.6 Å². The summed E-state index contributed by atoms with van der Waals surface area (Å²) in [4.78, 5) is 0. The number of fused-ring (bicyclic) bond motifs is 1. The summed E-state index contributed by atoms with van der Waals surface area (Å²) >= 11 is 0. The van der Waals surface area contributed by atoms with E-state index < -0.39 is 73.4 Å². The summed E-state index contributed by atoms with van der Waals surface area (Å²) in [5, 5.41) is 81.4. The van der Waals surface area contributed by atoms with Gasteiger partial charge in [0.05, 0.1) is 32.5 Å². The van der Waals surface area contributed by atoms with E-state index in [1.54, 1.807) is 0 Å². The summed E-state index contributed by atoms with van der Waals surface area (Å²) < 4.78 is 22.1. The SMILES string of the molecule is C=C1CC[C@@H]2[C@@](C)(CO)[C@H](O)CC[C@@]2(C)[C@@H]1CC/C(C)=C/CO[C@@H]1O[C@H](CO[C@H]2O[C@H](CO)[C@@H](O)[C@@H]2O)[C@@H](O)[C@H](O)[C@H]1O. The molecule has 8 N–H and O–H groups in total. The molecule has 0 spiro atoms. The summed E-state index contributed by atoms with van der Waals surface area (Å²) in [6.45, 7) is 9.86. The van der Waals surface area contributed by atoms with Crippen LogP contribution in [-0.4, -0.2) is 129 Å². The number of ether oxygens (including phenoxy) is 4. The summed E-state index contributed by atoms with van der Waals surface area (Å²) in [5.74, 6) is 0.455. The van der Waals surface area contributed by atoms with Crippen LogP contribution in [0, 0.1) is 22.7 Å². The molecule has 2 saturated carbocycles. The third-order valence-electron chi connectivity index (χ3n) is 10.8. The Hall–Kier alpha value is -1.00. The first-order chi connectivity index (χ1) is 20.3. The van der Waals surface area contributed by atoms with E-state index in [9.17, 15) is 40.9 Å². The van der Waals surface area contributed by atoms with Gasteiger partial charge in [0, 0.05) is 5.41 Å². The Bertz CT molecular complexity index is 976. The fraction of sp³-hybridized carbons (Fsp3) is 0.871. The average molecular weight is 617 g/mol. The lowest BCUT2D eigenvalue weighted by Crippen LogP contribution is -2.59. The minimum Gasteiger partial charge on any atom is -0.396 e. The third-order valence-corrected chi connectivity index (χ3v) is 10.8. The summed E-state index contributed by atoms with van der Waals surface area (Å²) in [5.41, 5.74) is 1.69. The minimum absolute atomic E-state index is 0.0404. The molecule has 4 aliphatic rings. The van der Waals surface area contributed by atoms with E-state index in [2.05, 4.69) is 13.5 Å². The molecule has 0 unspecified atom stereocenters. The quantitative estimate of drug-likeness (QED) is 0.142. The molecular formula is C31H52O12. The van der Waals surface area contributed by atoms with Crippen LogP contribution in [0.2, 0.25) is 0 Å². The summed E-state index contributed by atoms with van der Waals surface area (Å²) in [6.07, 6.45) is -5.69. The molecule has 2 aliphatic heterocycles. The molecular weight excluding hydrogens is 564 g/mol. The van der Waals surface area contributed by atoms with Gasteiger partial charge in [0.25, 0.3) is 0 Å². The van der Waals surface area contributed by atoms with Gasteiger partial charge < -0.3 is 59.8 Å². The van der Waals surface area contributed by atoms with Crippen LogP contribution in [0.1, 0.15) is 59.3 Å². The lowest BCUT2D eigenvalue weighted by Gasteiger charge is -2.60. The zero-order chi connectivity index (χ0) is 31.7. The van der Waals surface area contributed by atoms with Crippen molar-refractivity contribution in [2.45, 2.75) is 121 Å². The number of hydrogen-bond donors (Lipinski definition) is 8. The van der Waals surface area contributed by atoms with E-state index >= 15 is 0 Å². The number of aliphatic hydroxyl groups is 8. The molecule has 14 atom stereocenters. The van der Waals surface area contributed by atoms with Crippen LogP contribution in [0.5, 0.6) is 0 Å². The van der Waals surface area contributed by atoms with Crippen LogP contribution in [0.15, 0.2) is 23.8 Å². The Morgan fingerprint density at radius 2 is 1.53 bits per heavy atom. The molecule has 0 amide bonds. The van der Waals surface area contributed by atoms with E-state index in [0.29, 0.717) is 6.42 Å². The van der Waals surface area contributed by atoms with Crippen molar-refractivity contribution in [3.05, 3.63) is 23.8 Å². The lowest BCUT2D eigenvalue weighted by molar-refractivity contribution is -0.308. The zero-order valence-electron chi connectivity index (χ0n) is 25.5. The molecule has 0 aromatic carbocycles. The minimum atomic E-state index is -1.58. The summed E-state index contributed by atoms with van der Waals surface area (Å²) in [6, 6.07) is 0. The second kappa shape index (κ2) is 14.2. The summed E-state index contributed by atoms with van der Waals surface area (Å²) in [7, 11) is 0. The maximum absolute atomic E-state index is 10.7. The molecule has 0 radical (unpaired) electrons. The molecule has 248 valence electrons. The standard InChI is InChI=1S/C31H52O12/c1-16(5-7-18-17(2)6-8-21-30(18,3)11-9-22(34)31(21,4)15-33)10-12-40-28-27(39)25(37)24(36)20(43-28)14-41-29-26(38)23(35)19(13-32)42-29/h10,18-29,32-39H,2,5-9,11-15H2,1,3-4H3/b16-10+/t18-,19-,20-,21+,22-,23-,24-,25+,26+,27-,28-,29+,30+,31-/m1/s1. The Kier molecular flexibility index (Phi) is 11.5. The topological polar surface area (TPSA) is 199 Å². The molecule has 2 aliphatic carbocycles. The van der Waals surface area contributed by atoms with Crippen molar-refractivity contribution in [2.75, 3.05) is 26.4 Å². The van der Waals surface area contributed by atoms with Crippen molar-refractivity contribution in [1.29, 1.82) is 0 Å². The molecule has 12 nitrogen and oxygen atoms in total. The van der Waals surface area contributed by atoms with Gasteiger partial charge in [-0.3, -0.25) is 0 Å². The van der Waals surface area contributed by atoms with Gasteiger partial charge in [-0.05, 0) is 62.7 Å². The number of hydrogen-bond acceptors (Lipinski definition) is 12. The van der Waals surface area contributed by atoms with E-state index in [1.807, 2.05) is 19.9 Å². The first-order valence-corrected chi connectivity index (χ1v) is 15.5. The van der Waals surface area contributed by atoms with Crippen molar-refractivity contribution in [3.8, 4) is 0 Å². The van der Waals surface area contributed by atoms with Gasteiger partial charge in [-0.15, -0.1) is 0 Å². The normalized spacial score (nSPS) is 47.5. The van der Waals surface area contributed by atoms with Gasteiger partial charge >= 0.3 is 0 Å². The number of allylic oxidation sites excluding steroid dienone is 2. The Morgan fingerprint density at radius 1 is 0.907 bits per heavy atom. The molecule has 4 fully saturated rings. The number of rotatable bonds is 11. The van der Waals surface area contributed by atoms with Gasteiger partial charge in [-0.25, -0.2) is 0 Å². The molecule has 43 heavy (non-hydrogen) atoms. The largest absolute Gasteiger partial charge is 0.396 e. The Morgan fingerprint density at radius 3 is 2.19 bits per heavy atom. The maximum atomic E-state index is 10.7.